The van der Waals surface area contributed by atoms with Gasteiger partial charge in [-0.05, 0) is 90.8 Å². The maximum absolute atomic E-state index is 2.45. The zero-order valence-electron chi connectivity index (χ0n) is 17.8. The molecule has 0 fully saturated rings. The van der Waals surface area contributed by atoms with Gasteiger partial charge in [-0.25, -0.2) is 0 Å². The largest absolute Gasteiger partial charge is 0.367 e. The van der Waals surface area contributed by atoms with E-state index in [-0.39, 0.29) is 0 Å². The molecule has 0 aromatic heterocycles. The van der Waals surface area contributed by atoms with Crippen molar-refractivity contribution in [2.45, 2.75) is 79.6 Å². The maximum Gasteiger partial charge on any atom is 0.0371 e. The van der Waals surface area contributed by atoms with Gasteiger partial charge >= 0.3 is 0 Å². The molecule has 0 amide bonds. The summed E-state index contributed by atoms with van der Waals surface area (Å²) in [5.41, 5.74) is 5.13. The molecule has 0 N–H and O–H groups in total. The summed E-state index contributed by atoms with van der Waals surface area (Å²) < 4.78 is 0. The van der Waals surface area contributed by atoms with Crippen LogP contribution in [0.1, 0.15) is 55.4 Å². The molecule has 0 saturated carbocycles. The van der Waals surface area contributed by atoms with Gasteiger partial charge in [-0.3, -0.25) is 0 Å². The van der Waals surface area contributed by atoms with Gasteiger partial charge < -0.3 is 9.80 Å². The van der Waals surface area contributed by atoms with E-state index in [1.807, 2.05) is 0 Å². The Morgan fingerprint density at radius 1 is 0.423 bits per heavy atom. The summed E-state index contributed by atoms with van der Waals surface area (Å²) in [6.07, 6.45) is 0. The van der Waals surface area contributed by atoms with Crippen LogP contribution in [0.3, 0.4) is 0 Å². The van der Waals surface area contributed by atoms with Gasteiger partial charge in [0.15, 0.2) is 0 Å². The Hall–Kier alpha value is -1.96. The molecule has 2 heteroatoms. The average molecular weight is 353 g/mol. The minimum absolute atomic E-state index is 0.498. The van der Waals surface area contributed by atoms with Crippen molar-refractivity contribution in [3.63, 3.8) is 0 Å². The van der Waals surface area contributed by atoms with Crippen LogP contribution in [-0.2, 0) is 0 Å². The number of nitrogens with zero attached hydrogens (tertiary/aromatic N) is 2. The molecule has 2 nitrogen and oxygen atoms in total. The van der Waals surface area contributed by atoms with Crippen LogP contribution in [0.2, 0.25) is 0 Å². The van der Waals surface area contributed by atoms with Crippen molar-refractivity contribution in [3.8, 4) is 11.1 Å². The van der Waals surface area contributed by atoms with Crippen LogP contribution in [0.5, 0.6) is 0 Å². The van der Waals surface area contributed by atoms with Gasteiger partial charge in [0.1, 0.15) is 0 Å². The van der Waals surface area contributed by atoms with E-state index in [4.69, 9.17) is 0 Å². The van der Waals surface area contributed by atoms with E-state index < -0.39 is 0 Å². The molecule has 0 radical (unpaired) electrons. The van der Waals surface area contributed by atoms with Crippen LogP contribution < -0.4 is 9.80 Å². The minimum Gasteiger partial charge on any atom is -0.367 e. The smallest absolute Gasteiger partial charge is 0.0371 e. The Balaban J connectivity index is 2.24. The minimum atomic E-state index is 0.498. The van der Waals surface area contributed by atoms with Crippen LogP contribution in [0.4, 0.5) is 11.4 Å². The Morgan fingerprint density at radius 3 is 0.846 bits per heavy atom. The lowest BCUT2D eigenvalue weighted by molar-refractivity contribution is 0.608. The van der Waals surface area contributed by atoms with E-state index in [9.17, 15) is 0 Å². The molecule has 0 heterocycles. The van der Waals surface area contributed by atoms with Gasteiger partial charge in [0.05, 0.1) is 0 Å². The quantitative estimate of drug-likeness (QED) is 0.554. The average Bonchev–Trinajstić information content (AvgIpc) is 2.55. The molecule has 142 valence electrons. The number of hydrogen-bond acceptors (Lipinski definition) is 2. The Bertz CT molecular complexity index is 589. The van der Waals surface area contributed by atoms with Crippen molar-refractivity contribution >= 4 is 11.4 Å². The standard InChI is InChI=1S/C24H36N2/c1-17(2)25(18(3)4)23-13-9-21(10-14-23)22-11-15-24(16-12-22)26(19(5)6)20(7)8/h9-20H,1-8H3. The summed E-state index contributed by atoms with van der Waals surface area (Å²) in [4.78, 5) is 4.91. The molecule has 0 saturated heterocycles. The highest BCUT2D eigenvalue weighted by Gasteiger charge is 2.15. The molecular weight excluding hydrogens is 316 g/mol. The van der Waals surface area contributed by atoms with Crippen LogP contribution in [0, 0.1) is 0 Å². The second kappa shape index (κ2) is 8.62. The predicted octanol–water partition coefficient (Wildman–Crippen LogP) is 6.60. The monoisotopic (exact) mass is 352 g/mol. The lowest BCUT2D eigenvalue weighted by atomic mass is 10.0. The second-order valence-corrected chi connectivity index (χ2v) is 8.28. The number of rotatable bonds is 7. The number of anilines is 2. The van der Waals surface area contributed by atoms with E-state index in [1.54, 1.807) is 0 Å². The van der Waals surface area contributed by atoms with Crippen LogP contribution in [0.15, 0.2) is 48.5 Å². The van der Waals surface area contributed by atoms with E-state index in [0.29, 0.717) is 24.2 Å². The van der Waals surface area contributed by atoms with Gasteiger partial charge in [0.2, 0.25) is 0 Å². The summed E-state index contributed by atoms with van der Waals surface area (Å²) in [7, 11) is 0. The van der Waals surface area contributed by atoms with E-state index in [0.717, 1.165) is 0 Å². The zero-order chi connectivity index (χ0) is 19.4. The first kappa shape index (κ1) is 20.4. The SMILES string of the molecule is CC(C)N(c1ccc(-c2ccc(N(C(C)C)C(C)C)cc2)cc1)C(C)C. The highest BCUT2D eigenvalue weighted by atomic mass is 15.2. The van der Waals surface area contributed by atoms with Crippen LogP contribution in [-0.4, -0.2) is 24.2 Å². The fourth-order valence-corrected chi connectivity index (χ4v) is 4.04. The molecule has 0 bridgehead atoms. The van der Waals surface area contributed by atoms with Crippen molar-refractivity contribution in [1.29, 1.82) is 0 Å². The van der Waals surface area contributed by atoms with Gasteiger partial charge in [0, 0.05) is 35.5 Å². The van der Waals surface area contributed by atoms with Crippen molar-refractivity contribution in [2.75, 3.05) is 9.80 Å². The Morgan fingerprint density at radius 2 is 0.654 bits per heavy atom. The molecule has 0 aliphatic rings. The van der Waals surface area contributed by atoms with E-state index >= 15 is 0 Å². The molecular formula is C24H36N2. The fraction of sp³-hybridized carbons (Fsp3) is 0.500. The van der Waals surface area contributed by atoms with Crippen molar-refractivity contribution in [1.82, 2.24) is 0 Å². The molecule has 2 rings (SSSR count). The predicted molar refractivity (Wildman–Crippen MR) is 117 cm³/mol. The normalized spacial score (nSPS) is 11.7. The summed E-state index contributed by atoms with van der Waals surface area (Å²) in [6, 6.07) is 19.9. The zero-order valence-corrected chi connectivity index (χ0v) is 17.8. The van der Waals surface area contributed by atoms with Crippen molar-refractivity contribution in [2.24, 2.45) is 0 Å². The number of hydrogen-bond donors (Lipinski definition) is 0. The van der Waals surface area contributed by atoms with Crippen LogP contribution >= 0.6 is 0 Å². The maximum atomic E-state index is 2.45. The highest BCUT2D eigenvalue weighted by Crippen LogP contribution is 2.28. The molecule has 0 aliphatic heterocycles. The van der Waals surface area contributed by atoms with Gasteiger partial charge in [-0.15, -0.1) is 0 Å². The molecule has 2 aromatic carbocycles. The van der Waals surface area contributed by atoms with Crippen molar-refractivity contribution < 1.29 is 0 Å². The third kappa shape index (κ3) is 4.60. The van der Waals surface area contributed by atoms with Gasteiger partial charge in [-0.1, -0.05) is 24.3 Å². The molecule has 0 aliphatic carbocycles. The van der Waals surface area contributed by atoms with Crippen molar-refractivity contribution in [3.05, 3.63) is 48.5 Å². The molecule has 0 atom stereocenters. The Kier molecular flexibility index (Phi) is 6.75. The van der Waals surface area contributed by atoms with Gasteiger partial charge in [-0.2, -0.15) is 0 Å². The van der Waals surface area contributed by atoms with Crippen LogP contribution in [0.25, 0.3) is 11.1 Å². The first-order valence-corrected chi connectivity index (χ1v) is 9.99. The topological polar surface area (TPSA) is 6.48 Å². The van der Waals surface area contributed by atoms with E-state index in [1.165, 1.54) is 22.5 Å². The molecule has 0 unspecified atom stereocenters. The van der Waals surface area contributed by atoms with E-state index in [2.05, 4.69) is 114 Å². The number of benzene rings is 2. The highest BCUT2D eigenvalue weighted by molar-refractivity contribution is 5.69. The third-order valence-electron chi connectivity index (χ3n) is 4.89. The first-order valence-electron chi connectivity index (χ1n) is 9.99. The summed E-state index contributed by atoms with van der Waals surface area (Å²) in [5, 5.41) is 0. The third-order valence-corrected chi connectivity index (χ3v) is 4.89. The second-order valence-electron chi connectivity index (χ2n) is 8.28. The van der Waals surface area contributed by atoms with Gasteiger partial charge in [0.25, 0.3) is 0 Å². The first-order chi connectivity index (χ1) is 12.2. The summed E-state index contributed by atoms with van der Waals surface area (Å²) in [6.45, 7) is 18.0. The lowest BCUT2D eigenvalue weighted by Crippen LogP contribution is -2.36. The molecule has 26 heavy (non-hydrogen) atoms. The fourth-order valence-electron chi connectivity index (χ4n) is 4.04. The summed E-state index contributed by atoms with van der Waals surface area (Å²) in [5.74, 6) is 0. The molecule has 2 aromatic rings. The lowest BCUT2D eigenvalue weighted by Gasteiger charge is -2.33. The molecule has 0 spiro atoms. The Labute approximate surface area is 160 Å². The summed E-state index contributed by atoms with van der Waals surface area (Å²) >= 11 is 0.